The minimum Gasteiger partial charge on any atom is -0.348 e. The summed E-state index contributed by atoms with van der Waals surface area (Å²) in [6.07, 6.45) is 3.29. The molecule has 1 saturated heterocycles. The maximum absolute atomic E-state index is 13.0. The first-order chi connectivity index (χ1) is 13.7. The Morgan fingerprint density at radius 3 is 2.48 bits per heavy atom. The summed E-state index contributed by atoms with van der Waals surface area (Å²) in [6, 6.07) is 12.9. The number of fused-ring (bicyclic) bond motifs is 2. The van der Waals surface area contributed by atoms with E-state index in [9.17, 15) is 13.2 Å². The van der Waals surface area contributed by atoms with Crippen LogP contribution in [0.1, 0.15) is 34.3 Å². The third-order valence-electron chi connectivity index (χ3n) is 6.21. The van der Waals surface area contributed by atoms with Crippen LogP contribution in [0.4, 0.5) is 0 Å². The van der Waals surface area contributed by atoms with Crippen molar-refractivity contribution in [2.24, 2.45) is 0 Å². The van der Waals surface area contributed by atoms with Gasteiger partial charge in [-0.3, -0.25) is 4.79 Å². The number of hydrogen-bond donors (Lipinski definition) is 1. The van der Waals surface area contributed by atoms with E-state index in [0.717, 1.165) is 0 Å². The van der Waals surface area contributed by atoms with Gasteiger partial charge >= 0.3 is 0 Å². The zero-order chi connectivity index (χ0) is 20.8. The second-order valence-electron chi connectivity index (χ2n) is 7.83. The second-order valence-corrected chi connectivity index (χ2v) is 10.7. The SMILES string of the molecule is CS(=O)(=O)N1CCC2(CC1)c1ccccc1CC2NC(=O)c1ccc(Cl)cc1Cl. The standard InChI is InChI=1S/C21H22Cl2N2O3S/c1-29(27,28)25-10-8-21(9-11-25)17-5-3-2-4-14(17)12-19(21)24-20(26)16-7-6-15(22)13-18(16)23/h2-7,13,19H,8-12H2,1H3,(H,24,26). The number of benzene rings is 2. The predicted molar refractivity (Wildman–Crippen MR) is 115 cm³/mol. The molecule has 2 aromatic rings. The highest BCUT2D eigenvalue weighted by atomic mass is 35.5. The molecule has 1 fully saturated rings. The first-order valence-corrected chi connectivity index (χ1v) is 12.1. The van der Waals surface area contributed by atoms with Crippen LogP contribution in [0.2, 0.25) is 10.0 Å². The highest BCUT2D eigenvalue weighted by Crippen LogP contribution is 2.46. The molecule has 29 heavy (non-hydrogen) atoms. The molecule has 1 heterocycles. The molecule has 8 heteroatoms. The van der Waals surface area contributed by atoms with E-state index in [1.807, 2.05) is 12.1 Å². The molecule has 1 aliphatic carbocycles. The normalized spacial score (nSPS) is 21.1. The zero-order valence-corrected chi connectivity index (χ0v) is 18.3. The third kappa shape index (κ3) is 3.79. The average Bonchev–Trinajstić information content (AvgIpc) is 2.94. The van der Waals surface area contributed by atoms with E-state index < -0.39 is 10.0 Å². The molecular weight excluding hydrogens is 431 g/mol. The number of piperidine rings is 1. The van der Waals surface area contributed by atoms with Crippen molar-refractivity contribution in [3.8, 4) is 0 Å². The minimum atomic E-state index is -3.23. The van der Waals surface area contributed by atoms with Crippen LogP contribution in [0.15, 0.2) is 42.5 Å². The van der Waals surface area contributed by atoms with Gasteiger partial charge < -0.3 is 5.32 Å². The third-order valence-corrected chi connectivity index (χ3v) is 8.06. The highest BCUT2D eigenvalue weighted by molar-refractivity contribution is 7.88. The lowest BCUT2D eigenvalue weighted by molar-refractivity contribution is 0.0897. The largest absolute Gasteiger partial charge is 0.348 e. The Morgan fingerprint density at radius 2 is 1.83 bits per heavy atom. The van der Waals surface area contributed by atoms with E-state index in [1.54, 1.807) is 18.2 Å². The summed E-state index contributed by atoms with van der Waals surface area (Å²) in [5.41, 5.74) is 2.51. The van der Waals surface area contributed by atoms with Gasteiger partial charge in [0.15, 0.2) is 0 Å². The number of hydrogen-bond acceptors (Lipinski definition) is 3. The minimum absolute atomic E-state index is 0.124. The maximum Gasteiger partial charge on any atom is 0.253 e. The van der Waals surface area contributed by atoms with Crippen LogP contribution in [-0.4, -0.2) is 44.0 Å². The Bertz CT molecular complexity index is 1060. The Labute approximate surface area is 181 Å². The average molecular weight is 453 g/mol. The fourth-order valence-electron chi connectivity index (χ4n) is 4.72. The van der Waals surface area contributed by atoms with Crippen LogP contribution in [-0.2, 0) is 21.9 Å². The van der Waals surface area contributed by atoms with Gasteiger partial charge in [0.25, 0.3) is 5.91 Å². The summed E-state index contributed by atoms with van der Waals surface area (Å²) in [6.45, 7) is 0.891. The number of halogens is 2. The van der Waals surface area contributed by atoms with Gasteiger partial charge in [-0.15, -0.1) is 0 Å². The van der Waals surface area contributed by atoms with Crippen LogP contribution in [0.25, 0.3) is 0 Å². The maximum atomic E-state index is 13.0. The van der Waals surface area contributed by atoms with Crippen molar-refractivity contribution in [1.82, 2.24) is 9.62 Å². The highest BCUT2D eigenvalue weighted by Gasteiger charge is 2.49. The lowest BCUT2D eigenvalue weighted by atomic mass is 9.71. The smallest absolute Gasteiger partial charge is 0.253 e. The number of carbonyl (C=O) groups is 1. The van der Waals surface area contributed by atoms with Crippen molar-refractivity contribution in [1.29, 1.82) is 0 Å². The van der Waals surface area contributed by atoms with Crippen LogP contribution in [0, 0.1) is 0 Å². The van der Waals surface area contributed by atoms with E-state index in [4.69, 9.17) is 23.2 Å². The van der Waals surface area contributed by atoms with Crippen LogP contribution < -0.4 is 5.32 Å². The van der Waals surface area contributed by atoms with E-state index in [-0.39, 0.29) is 17.4 Å². The fourth-order valence-corrected chi connectivity index (χ4v) is 6.06. The Morgan fingerprint density at radius 1 is 1.14 bits per heavy atom. The molecule has 154 valence electrons. The van der Waals surface area contributed by atoms with Crippen molar-refractivity contribution in [3.05, 3.63) is 69.2 Å². The number of nitrogens with one attached hydrogen (secondary N) is 1. The van der Waals surface area contributed by atoms with Crippen molar-refractivity contribution < 1.29 is 13.2 Å². The summed E-state index contributed by atoms with van der Waals surface area (Å²) in [4.78, 5) is 13.0. The van der Waals surface area contributed by atoms with Gasteiger partial charge in [0.1, 0.15) is 0 Å². The molecule has 4 rings (SSSR count). The molecular formula is C21H22Cl2N2O3S. The van der Waals surface area contributed by atoms with Gasteiger partial charge in [-0.05, 0) is 48.6 Å². The Balaban J connectivity index is 1.63. The van der Waals surface area contributed by atoms with Crippen LogP contribution in [0.3, 0.4) is 0 Å². The van der Waals surface area contributed by atoms with Gasteiger partial charge in [0.05, 0.1) is 16.8 Å². The summed E-state index contributed by atoms with van der Waals surface area (Å²) < 4.78 is 25.5. The fraction of sp³-hybridized carbons (Fsp3) is 0.381. The Kier molecular flexibility index (Phi) is 5.40. The molecule has 2 aliphatic rings. The molecule has 0 saturated carbocycles. The lowest BCUT2D eigenvalue weighted by Crippen LogP contribution is -2.54. The lowest BCUT2D eigenvalue weighted by Gasteiger charge is -2.43. The molecule has 0 bridgehead atoms. The molecule has 0 radical (unpaired) electrons. The number of sulfonamides is 1. The van der Waals surface area contributed by atoms with Crippen LogP contribution >= 0.6 is 23.2 Å². The molecule has 1 atom stereocenters. The quantitative estimate of drug-likeness (QED) is 0.772. The van der Waals surface area contributed by atoms with Gasteiger partial charge in [0, 0.05) is 29.6 Å². The van der Waals surface area contributed by atoms with Crippen molar-refractivity contribution in [3.63, 3.8) is 0 Å². The van der Waals surface area contributed by atoms with Crippen molar-refractivity contribution in [2.75, 3.05) is 19.3 Å². The van der Waals surface area contributed by atoms with Gasteiger partial charge in [-0.2, -0.15) is 0 Å². The molecule has 1 N–H and O–H groups in total. The zero-order valence-electron chi connectivity index (χ0n) is 16.0. The molecule has 5 nitrogen and oxygen atoms in total. The Hall–Kier alpha value is -1.60. The number of rotatable bonds is 3. The van der Waals surface area contributed by atoms with Gasteiger partial charge in [0.2, 0.25) is 10.0 Å². The molecule has 1 spiro atoms. The van der Waals surface area contributed by atoms with E-state index in [1.165, 1.54) is 21.7 Å². The first kappa shape index (κ1) is 20.7. The number of carbonyl (C=O) groups excluding carboxylic acids is 1. The number of amides is 1. The monoisotopic (exact) mass is 452 g/mol. The topological polar surface area (TPSA) is 66.5 Å². The van der Waals surface area contributed by atoms with E-state index >= 15 is 0 Å². The first-order valence-electron chi connectivity index (χ1n) is 9.50. The molecule has 2 aromatic carbocycles. The summed E-state index contributed by atoms with van der Waals surface area (Å²) in [7, 11) is -3.23. The summed E-state index contributed by atoms with van der Waals surface area (Å²) >= 11 is 12.2. The van der Waals surface area contributed by atoms with Gasteiger partial charge in [-0.1, -0.05) is 47.5 Å². The van der Waals surface area contributed by atoms with E-state index in [0.29, 0.717) is 48.0 Å². The van der Waals surface area contributed by atoms with Crippen molar-refractivity contribution >= 4 is 39.1 Å². The van der Waals surface area contributed by atoms with Gasteiger partial charge in [-0.25, -0.2) is 12.7 Å². The molecule has 1 amide bonds. The second kappa shape index (κ2) is 7.58. The number of nitrogens with zero attached hydrogens (tertiary/aromatic N) is 1. The molecule has 0 aromatic heterocycles. The molecule has 1 aliphatic heterocycles. The van der Waals surface area contributed by atoms with Crippen LogP contribution in [0.5, 0.6) is 0 Å². The van der Waals surface area contributed by atoms with E-state index in [2.05, 4.69) is 17.4 Å². The van der Waals surface area contributed by atoms with Crippen molar-refractivity contribution in [2.45, 2.75) is 30.7 Å². The summed E-state index contributed by atoms with van der Waals surface area (Å²) in [5.74, 6) is -0.241. The molecule has 1 unspecified atom stereocenters. The predicted octanol–water partition coefficient (Wildman–Crippen LogP) is 3.64. The summed E-state index contributed by atoms with van der Waals surface area (Å²) in [5, 5.41) is 3.97.